The smallest absolute Gasteiger partial charge is 0.336 e. The number of hydrogen-bond acceptors (Lipinski definition) is 4. The van der Waals surface area contributed by atoms with Gasteiger partial charge in [0.2, 0.25) is 0 Å². The lowest BCUT2D eigenvalue weighted by Gasteiger charge is -2.09. The first kappa shape index (κ1) is 14.5. The highest BCUT2D eigenvalue weighted by Crippen LogP contribution is 2.30. The first-order valence-corrected chi connectivity index (χ1v) is 6.31. The van der Waals surface area contributed by atoms with Crippen LogP contribution in [0.5, 0.6) is 11.5 Å². The van der Waals surface area contributed by atoms with Gasteiger partial charge in [0, 0.05) is 6.08 Å². The normalized spacial score (nSPS) is 10.3. The largest absolute Gasteiger partial charge is 0.493 e. The molecule has 2 aromatic rings. The van der Waals surface area contributed by atoms with E-state index < -0.39 is 5.97 Å². The standard InChI is InChI=1S/C17H14O4/c1-20-15-9-5-8-14(12-18)17(15)21-16(19)11-10-13-6-3-2-4-7-13/h2-12H,1H3/b11-10+. The molecule has 0 saturated heterocycles. The Balaban J connectivity index is 2.16. The summed E-state index contributed by atoms with van der Waals surface area (Å²) in [7, 11) is 1.45. The second kappa shape index (κ2) is 7.05. The molecule has 4 heteroatoms. The van der Waals surface area contributed by atoms with Gasteiger partial charge >= 0.3 is 5.97 Å². The molecule has 0 spiro atoms. The maximum Gasteiger partial charge on any atom is 0.336 e. The Morgan fingerprint density at radius 3 is 2.48 bits per heavy atom. The highest BCUT2D eigenvalue weighted by Gasteiger charge is 2.12. The highest BCUT2D eigenvalue weighted by atomic mass is 16.6. The number of aldehydes is 1. The average Bonchev–Trinajstić information content (AvgIpc) is 2.54. The number of para-hydroxylation sites is 1. The van der Waals surface area contributed by atoms with Crippen molar-refractivity contribution >= 4 is 18.3 Å². The lowest BCUT2D eigenvalue weighted by Crippen LogP contribution is -2.07. The van der Waals surface area contributed by atoms with Crippen LogP contribution in [0, 0.1) is 0 Å². The second-order valence-corrected chi connectivity index (χ2v) is 4.16. The third-order valence-electron chi connectivity index (χ3n) is 2.77. The number of rotatable bonds is 5. The predicted octanol–water partition coefficient (Wildman–Crippen LogP) is 3.13. The van der Waals surface area contributed by atoms with Gasteiger partial charge in [0.1, 0.15) is 0 Å². The number of methoxy groups -OCH3 is 1. The molecule has 0 aliphatic rings. The minimum atomic E-state index is -0.577. The molecule has 21 heavy (non-hydrogen) atoms. The fourth-order valence-electron chi connectivity index (χ4n) is 1.76. The summed E-state index contributed by atoms with van der Waals surface area (Å²) in [5.41, 5.74) is 1.14. The number of hydrogen-bond donors (Lipinski definition) is 0. The van der Waals surface area contributed by atoms with E-state index in [1.807, 2.05) is 30.3 Å². The first-order chi connectivity index (χ1) is 10.2. The van der Waals surface area contributed by atoms with Gasteiger partial charge in [0.05, 0.1) is 12.7 Å². The molecule has 0 bridgehead atoms. The third kappa shape index (κ3) is 3.79. The van der Waals surface area contributed by atoms with Crippen LogP contribution in [0.4, 0.5) is 0 Å². The van der Waals surface area contributed by atoms with E-state index in [9.17, 15) is 9.59 Å². The van der Waals surface area contributed by atoms with Crippen molar-refractivity contribution in [2.24, 2.45) is 0 Å². The molecule has 0 aliphatic heterocycles. The Bertz CT molecular complexity index is 660. The summed E-state index contributed by atoms with van der Waals surface area (Å²) in [5, 5.41) is 0. The monoisotopic (exact) mass is 282 g/mol. The van der Waals surface area contributed by atoms with Crippen LogP contribution >= 0.6 is 0 Å². The minimum absolute atomic E-state index is 0.123. The lowest BCUT2D eigenvalue weighted by molar-refractivity contribution is -0.129. The Kier molecular flexibility index (Phi) is 4.88. The molecule has 2 aromatic carbocycles. The van der Waals surface area contributed by atoms with Crippen LogP contribution in [0.3, 0.4) is 0 Å². The third-order valence-corrected chi connectivity index (χ3v) is 2.77. The number of esters is 1. The van der Waals surface area contributed by atoms with Crippen LogP contribution in [0.2, 0.25) is 0 Å². The van der Waals surface area contributed by atoms with Gasteiger partial charge < -0.3 is 9.47 Å². The molecule has 0 radical (unpaired) electrons. The average molecular weight is 282 g/mol. The van der Waals surface area contributed by atoms with Gasteiger partial charge in [0.15, 0.2) is 17.8 Å². The molecule has 0 unspecified atom stereocenters. The summed E-state index contributed by atoms with van der Waals surface area (Å²) in [4.78, 5) is 22.8. The molecular formula is C17H14O4. The molecule has 0 heterocycles. The molecule has 0 fully saturated rings. The number of benzene rings is 2. The maximum absolute atomic E-state index is 11.8. The van der Waals surface area contributed by atoms with Crippen LogP contribution in [0.1, 0.15) is 15.9 Å². The summed E-state index contributed by atoms with van der Waals surface area (Å²) in [6, 6.07) is 14.2. The van der Waals surface area contributed by atoms with Gasteiger partial charge in [-0.15, -0.1) is 0 Å². The van der Waals surface area contributed by atoms with E-state index in [2.05, 4.69) is 0 Å². The van der Waals surface area contributed by atoms with E-state index >= 15 is 0 Å². The summed E-state index contributed by atoms with van der Waals surface area (Å²) >= 11 is 0. The molecule has 4 nitrogen and oxygen atoms in total. The summed E-state index contributed by atoms with van der Waals surface area (Å²) in [6.07, 6.45) is 3.56. The van der Waals surface area contributed by atoms with Crippen LogP contribution < -0.4 is 9.47 Å². The molecule has 106 valence electrons. The van der Waals surface area contributed by atoms with Crippen LogP contribution in [-0.4, -0.2) is 19.4 Å². The Morgan fingerprint density at radius 2 is 1.81 bits per heavy atom. The van der Waals surface area contributed by atoms with Gasteiger partial charge in [-0.2, -0.15) is 0 Å². The molecule has 0 aliphatic carbocycles. The van der Waals surface area contributed by atoms with E-state index in [1.165, 1.54) is 13.2 Å². The number of carbonyl (C=O) groups excluding carboxylic acids is 2. The summed E-state index contributed by atoms with van der Waals surface area (Å²) in [6.45, 7) is 0. The van der Waals surface area contributed by atoms with Crippen molar-refractivity contribution in [3.63, 3.8) is 0 Å². The van der Waals surface area contributed by atoms with Crippen LogP contribution in [-0.2, 0) is 4.79 Å². The number of ether oxygens (including phenoxy) is 2. The van der Waals surface area contributed by atoms with E-state index in [0.717, 1.165) is 5.56 Å². The van der Waals surface area contributed by atoms with E-state index in [0.29, 0.717) is 12.0 Å². The van der Waals surface area contributed by atoms with Crippen LogP contribution in [0.15, 0.2) is 54.6 Å². The van der Waals surface area contributed by atoms with Crippen LogP contribution in [0.25, 0.3) is 6.08 Å². The zero-order valence-electron chi connectivity index (χ0n) is 11.5. The maximum atomic E-state index is 11.8. The van der Waals surface area contributed by atoms with Gasteiger partial charge in [-0.05, 0) is 23.8 Å². The van der Waals surface area contributed by atoms with Gasteiger partial charge in [-0.1, -0.05) is 36.4 Å². The predicted molar refractivity (Wildman–Crippen MR) is 79.5 cm³/mol. The molecule has 2 rings (SSSR count). The van der Waals surface area contributed by atoms with E-state index in [4.69, 9.17) is 9.47 Å². The zero-order valence-corrected chi connectivity index (χ0v) is 11.5. The SMILES string of the molecule is COc1cccc(C=O)c1OC(=O)/C=C/c1ccccc1. The van der Waals surface area contributed by atoms with Crippen molar-refractivity contribution in [3.8, 4) is 11.5 Å². The summed E-state index contributed by atoms with van der Waals surface area (Å²) in [5.74, 6) is -0.120. The van der Waals surface area contributed by atoms with Crippen molar-refractivity contribution in [1.29, 1.82) is 0 Å². The van der Waals surface area contributed by atoms with Gasteiger partial charge in [-0.25, -0.2) is 4.79 Å². The zero-order chi connectivity index (χ0) is 15.1. The highest BCUT2D eigenvalue weighted by molar-refractivity contribution is 5.91. The minimum Gasteiger partial charge on any atom is -0.493 e. The van der Waals surface area contributed by atoms with Crippen molar-refractivity contribution in [1.82, 2.24) is 0 Å². The molecule has 0 aromatic heterocycles. The molecule has 0 saturated carbocycles. The van der Waals surface area contributed by atoms with Crippen molar-refractivity contribution < 1.29 is 19.1 Å². The van der Waals surface area contributed by atoms with Crippen molar-refractivity contribution in [3.05, 3.63) is 65.7 Å². The lowest BCUT2D eigenvalue weighted by atomic mass is 10.2. The Morgan fingerprint density at radius 1 is 1.05 bits per heavy atom. The topological polar surface area (TPSA) is 52.6 Å². The molecular weight excluding hydrogens is 268 g/mol. The number of carbonyl (C=O) groups is 2. The van der Waals surface area contributed by atoms with E-state index in [1.54, 1.807) is 24.3 Å². The summed E-state index contributed by atoms with van der Waals surface area (Å²) < 4.78 is 10.3. The molecule has 0 atom stereocenters. The first-order valence-electron chi connectivity index (χ1n) is 6.31. The van der Waals surface area contributed by atoms with E-state index in [-0.39, 0.29) is 11.3 Å². The van der Waals surface area contributed by atoms with Gasteiger partial charge in [-0.3, -0.25) is 4.79 Å². The Labute approximate surface area is 122 Å². The van der Waals surface area contributed by atoms with Gasteiger partial charge in [0.25, 0.3) is 0 Å². The van der Waals surface area contributed by atoms with Crippen molar-refractivity contribution in [2.75, 3.05) is 7.11 Å². The quantitative estimate of drug-likeness (QED) is 0.366. The Hall–Kier alpha value is -2.88. The second-order valence-electron chi connectivity index (χ2n) is 4.16. The fraction of sp³-hybridized carbons (Fsp3) is 0.0588. The van der Waals surface area contributed by atoms with Crippen molar-refractivity contribution in [2.45, 2.75) is 0 Å². The molecule has 0 amide bonds. The molecule has 0 N–H and O–H groups in total. The fourth-order valence-corrected chi connectivity index (χ4v) is 1.76.